The fourth-order valence-corrected chi connectivity index (χ4v) is 9.34. The number of benzene rings is 1. The Morgan fingerprint density at radius 3 is 2.23 bits per heavy atom. The number of hydrogen-bond donors (Lipinski definition) is 1. The first-order chi connectivity index (χ1) is 18.7. The smallest absolute Gasteiger partial charge is 0.189 e. The Balaban J connectivity index is 1.45. The summed E-state index contributed by atoms with van der Waals surface area (Å²) in [5, 5.41) is 12.2. The maximum Gasteiger partial charge on any atom is 0.189 e. The number of methoxy groups -OCH3 is 4. The molecule has 1 aromatic carbocycles. The Labute approximate surface area is 233 Å². The van der Waals surface area contributed by atoms with Crippen LogP contribution in [-0.2, 0) is 28.4 Å². The molecule has 6 atom stereocenters. The molecule has 4 aliphatic carbocycles. The van der Waals surface area contributed by atoms with Crippen LogP contribution in [0.3, 0.4) is 0 Å². The van der Waals surface area contributed by atoms with E-state index in [2.05, 4.69) is 31.2 Å². The molecular formula is C32H46O7. The number of aliphatic hydroxyl groups is 1. The van der Waals surface area contributed by atoms with E-state index in [9.17, 15) is 5.11 Å². The first-order valence-electron chi connectivity index (χ1n) is 14.7. The molecule has 7 nitrogen and oxygen atoms in total. The highest BCUT2D eigenvalue weighted by Crippen LogP contribution is 2.68. The second-order valence-electron chi connectivity index (χ2n) is 12.9. The minimum Gasteiger partial charge on any atom is -0.385 e. The monoisotopic (exact) mass is 542 g/mol. The van der Waals surface area contributed by atoms with Gasteiger partial charge in [-0.3, -0.25) is 0 Å². The predicted molar refractivity (Wildman–Crippen MR) is 146 cm³/mol. The summed E-state index contributed by atoms with van der Waals surface area (Å²) >= 11 is 0. The molecule has 39 heavy (non-hydrogen) atoms. The minimum atomic E-state index is -0.907. The van der Waals surface area contributed by atoms with E-state index in [4.69, 9.17) is 28.4 Å². The Morgan fingerprint density at radius 2 is 1.62 bits per heavy atom. The van der Waals surface area contributed by atoms with Crippen LogP contribution in [0.5, 0.6) is 0 Å². The fourth-order valence-electron chi connectivity index (χ4n) is 9.34. The molecule has 0 aromatic heterocycles. The van der Waals surface area contributed by atoms with Gasteiger partial charge in [0.25, 0.3) is 0 Å². The number of ether oxygens (including phenoxy) is 6. The first kappa shape index (κ1) is 27.8. The maximum absolute atomic E-state index is 12.2. The Morgan fingerprint density at radius 1 is 0.923 bits per heavy atom. The highest BCUT2D eigenvalue weighted by molar-refractivity contribution is 5.44. The van der Waals surface area contributed by atoms with Gasteiger partial charge in [0.1, 0.15) is 0 Å². The normalized spacial score (nSPS) is 42.9. The van der Waals surface area contributed by atoms with Gasteiger partial charge in [-0.1, -0.05) is 36.8 Å². The van der Waals surface area contributed by atoms with E-state index in [0.29, 0.717) is 24.9 Å². The molecule has 0 amide bonds. The molecule has 5 unspecified atom stereocenters. The van der Waals surface area contributed by atoms with Crippen LogP contribution in [0, 0.1) is 17.3 Å². The third kappa shape index (κ3) is 4.10. The van der Waals surface area contributed by atoms with Crippen molar-refractivity contribution < 1.29 is 33.5 Å². The molecular weight excluding hydrogens is 496 g/mol. The summed E-state index contributed by atoms with van der Waals surface area (Å²) in [6.45, 7) is 4.96. The highest BCUT2D eigenvalue weighted by atomic mass is 16.9. The van der Waals surface area contributed by atoms with Gasteiger partial charge in [-0.25, -0.2) is 0 Å². The quantitative estimate of drug-likeness (QED) is 0.354. The van der Waals surface area contributed by atoms with E-state index < -0.39 is 11.4 Å². The van der Waals surface area contributed by atoms with Crippen molar-refractivity contribution in [2.45, 2.75) is 101 Å². The zero-order chi connectivity index (χ0) is 27.6. The molecule has 6 rings (SSSR count). The average molecular weight is 543 g/mol. The lowest BCUT2D eigenvalue weighted by Gasteiger charge is -2.58. The van der Waals surface area contributed by atoms with Crippen molar-refractivity contribution in [3.8, 4) is 0 Å². The zero-order valence-corrected chi connectivity index (χ0v) is 24.5. The van der Waals surface area contributed by atoms with Gasteiger partial charge in [0, 0.05) is 58.2 Å². The maximum atomic E-state index is 12.2. The molecule has 3 saturated carbocycles. The van der Waals surface area contributed by atoms with Gasteiger partial charge >= 0.3 is 0 Å². The lowest BCUT2D eigenvalue weighted by atomic mass is 9.49. The summed E-state index contributed by atoms with van der Waals surface area (Å²) in [4.78, 5) is 0. The predicted octanol–water partition coefficient (Wildman–Crippen LogP) is 5.62. The van der Waals surface area contributed by atoms with Gasteiger partial charge < -0.3 is 33.5 Å². The van der Waals surface area contributed by atoms with Crippen LogP contribution in [0.15, 0.2) is 35.4 Å². The zero-order valence-electron chi connectivity index (χ0n) is 24.5. The SMILES string of the molecule is COCC1(OC)CCC2C3CCC4(O)CC(OC)(OC)CCC4=C3C(c3ccc(C4OC(C)O4)cc3)C[C@@]21C. The molecule has 7 heteroatoms. The van der Waals surface area contributed by atoms with E-state index in [0.717, 1.165) is 50.5 Å². The molecule has 1 saturated heterocycles. The van der Waals surface area contributed by atoms with Crippen LogP contribution in [-0.4, -0.2) is 63.4 Å². The molecule has 0 spiro atoms. The van der Waals surface area contributed by atoms with Crippen molar-refractivity contribution in [1.82, 2.24) is 0 Å². The van der Waals surface area contributed by atoms with Crippen LogP contribution in [0.1, 0.15) is 88.5 Å². The van der Waals surface area contributed by atoms with E-state index >= 15 is 0 Å². The van der Waals surface area contributed by atoms with Crippen molar-refractivity contribution >= 4 is 0 Å². The lowest BCUT2D eigenvalue weighted by molar-refractivity contribution is -0.382. The summed E-state index contributed by atoms with van der Waals surface area (Å²) in [5.41, 5.74) is 3.77. The first-order valence-corrected chi connectivity index (χ1v) is 14.7. The third-order valence-electron chi connectivity index (χ3n) is 11.5. The van der Waals surface area contributed by atoms with Crippen molar-refractivity contribution in [2.24, 2.45) is 17.3 Å². The van der Waals surface area contributed by atoms with E-state index in [1.54, 1.807) is 21.3 Å². The highest BCUT2D eigenvalue weighted by Gasteiger charge is 2.65. The summed E-state index contributed by atoms with van der Waals surface area (Å²) in [6.07, 6.45) is 6.36. The second-order valence-corrected chi connectivity index (χ2v) is 12.9. The summed E-state index contributed by atoms with van der Waals surface area (Å²) in [5.74, 6) is 0.360. The molecule has 1 aromatic rings. The number of rotatable bonds is 7. The van der Waals surface area contributed by atoms with Crippen molar-refractivity contribution in [1.29, 1.82) is 0 Å². The molecule has 216 valence electrons. The van der Waals surface area contributed by atoms with Gasteiger partial charge in [0.15, 0.2) is 18.4 Å². The van der Waals surface area contributed by atoms with Crippen LogP contribution in [0.2, 0.25) is 0 Å². The molecule has 1 heterocycles. The molecule has 1 aliphatic heterocycles. The topological polar surface area (TPSA) is 75.6 Å². The van der Waals surface area contributed by atoms with Gasteiger partial charge in [-0.15, -0.1) is 0 Å². The Hall–Kier alpha value is -1.32. The van der Waals surface area contributed by atoms with E-state index in [1.807, 2.05) is 14.0 Å². The largest absolute Gasteiger partial charge is 0.385 e. The third-order valence-corrected chi connectivity index (χ3v) is 11.5. The lowest BCUT2D eigenvalue weighted by Crippen LogP contribution is -2.57. The van der Waals surface area contributed by atoms with Crippen LogP contribution < -0.4 is 0 Å². The number of allylic oxidation sites excluding steroid dienone is 1. The van der Waals surface area contributed by atoms with Crippen LogP contribution >= 0.6 is 0 Å². The summed E-state index contributed by atoms with van der Waals surface area (Å²) in [6, 6.07) is 8.78. The number of fused-ring (bicyclic) bond motifs is 4. The molecule has 0 bridgehead atoms. The summed E-state index contributed by atoms with van der Waals surface area (Å²) < 4.78 is 35.4. The Kier molecular flexibility index (Phi) is 7.06. The van der Waals surface area contributed by atoms with Crippen LogP contribution in [0.4, 0.5) is 0 Å². The minimum absolute atomic E-state index is 0.0433. The van der Waals surface area contributed by atoms with Gasteiger partial charge in [-0.2, -0.15) is 0 Å². The Bertz CT molecular complexity index is 1090. The van der Waals surface area contributed by atoms with Crippen molar-refractivity contribution in [3.63, 3.8) is 0 Å². The van der Waals surface area contributed by atoms with Crippen molar-refractivity contribution in [3.05, 3.63) is 46.5 Å². The van der Waals surface area contributed by atoms with Gasteiger partial charge in [0.2, 0.25) is 0 Å². The van der Waals surface area contributed by atoms with Gasteiger partial charge in [0.05, 0.1) is 17.8 Å². The molecule has 4 fully saturated rings. The van der Waals surface area contributed by atoms with E-state index in [-0.39, 0.29) is 29.5 Å². The van der Waals surface area contributed by atoms with Crippen LogP contribution in [0.25, 0.3) is 0 Å². The standard InChI is InChI=1S/C32H46O7/c1-20-38-28(39-20)22-9-7-21(8-10-22)24-17-29(2)25(12-15-31(29,35-4)19-34-3)23-11-14-30(33)18-32(36-5,37-6)16-13-26(30)27(23)24/h7-10,20,23-25,28,33H,11-19H2,1-6H3/t20?,23?,24?,25?,28?,29-,30?,31?/m0/s1. The second kappa shape index (κ2) is 9.90. The number of hydrogen-bond acceptors (Lipinski definition) is 7. The van der Waals surface area contributed by atoms with Crippen molar-refractivity contribution in [2.75, 3.05) is 35.0 Å². The van der Waals surface area contributed by atoms with Gasteiger partial charge in [-0.05, 0) is 68.4 Å². The molecule has 5 aliphatic rings. The fraction of sp³-hybridized carbons (Fsp3) is 0.750. The molecule has 0 radical (unpaired) electrons. The average Bonchev–Trinajstić information content (AvgIpc) is 3.22. The molecule has 1 N–H and O–H groups in total. The van der Waals surface area contributed by atoms with E-state index in [1.165, 1.54) is 16.7 Å². The summed E-state index contributed by atoms with van der Waals surface area (Å²) in [7, 11) is 7.04.